The fourth-order valence-electron chi connectivity index (χ4n) is 5.12. The van der Waals surface area contributed by atoms with Crippen molar-refractivity contribution in [1.29, 1.82) is 0 Å². The van der Waals surface area contributed by atoms with Crippen LogP contribution in [0.2, 0.25) is 0 Å². The van der Waals surface area contributed by atoms with Crippen LogP contribution in [0.15, 0.2) is 35.7 Å². The van der Waals surface area contributed by atoms with Crippen molar-refractivity contribution in [3.8, 4) is 0 Å². The molecule has 2 N–H and O–H groups in total. The van der Waals surface area contributed by atoms with E-state index < -0.39 is 71.7 Å². The van der Waals surface area contributed by atoms with E-state index in [9.17, 15) is 24.0 Å². The second-order valence-corrected chi connectivity index (χ2v) is 13.1. The average Bonchev–Trinajstić information content (AvgIpc) is 3.48. The lowest BCUT2D eigenvalue weighted by Gasteiger charge is -2.38. The summed E-state index contributed by atoms with van der Waals surface area (Å²) in [4.78, 5) is 75.2. The SMILES string of the molecule is CC(C)[C@@H]1OC(=O)[C@@H](C)[C@@H](C)NC(=O)c2csc(n2)[C@H](C)NC(=O)[C@H](Cc2ccccc2)N(C)C(=O)[C@H](C(C)C)N(C)C1=O. The smallest absolute Gasteiger partial charge is 0.311 e. The Hall–Kier alpha value is -3.80. The number of ether oxygens (including phenoxy) is 1. The van der Waals surface area contributed by atoms with E-state index in [2.05, 4.69) is 15.6 Å². The molecular weight excluding hydrogens is 582 g/mol. The highest BCUT2D eigenvalue weighted by Crippen LogP contribution is 2.23. The molecule has 0 spiro atoms. The average molecular weight is 628 g/mol. The van der Waals surface area contributed by atoms with Gasteiger partial charge in [-0.3, -0.25) is 24.0 Å². The summed E-state index contributed by atoms with van der Waals surface area (Å²) in [6.45, 7) is 12.2. The van der Waals surface area contributed by atoms with Gasteiger partial charge < -0.3 is 25.2 Å². The molecule has 12 heteroatoms. The zero-order valence-electron chi connectivity index (χ0n) is 27.0. The van der Waals surface area contributed by atoms with Crippen LogP contribution in [-0.4, -0.2) is 82.7 Å². The summed E-state index contributed by atoms with van der Waals surface area (Å²) in [5.74, 6) is -3.95. The van der Waals surface area contributed by atoms with Crippen molar-refractivity contribution < 1.29 is 28.7 Å². The topological polar surface area (TPSA) is 138 Å². The third-order valence-corrected chi connectivity index (χ3v) is 9.12. The molecule has 1 aromatic carbocycles. The number of nitrogens with one attached hydrogen (secondary N) is 2. The molecule has 0 saturated carbocycles. The molecule has 0 aliphatic carbocycles. The molecule has 2 bridgehead atoms. The standard InChI is InChI=1S/C32H45N5O6S/c1-17(2)25-30(40)36(8)24(15-22-13-11-10-12-14-22)28(39)34-21(7)29-35-23(16-44-29)27(38)33-20(6)19(5)32(42)43-26(18(3)4)31(41)37(25)9/h10-14,16-21,24-26H,15H2,1-9H3,(H,33,38)(H,34,39)/t19-,20+,21-,24-,25-,26-/m0/s1. The first kappa shape index (κ1) is 34.7. The number of benzene rings is 1. The molecule has 1 aromatic heterocycles. The zero-order valence-corrected chi connectivity index (χ0v) is 27.8. The summed E-state index contributed by atoms with van der Waals surface area (Å²) in [7, 11) is 3.08. The molecule has 0 unspecified atom stereocenters. The first-order valence-corrected chi connectivity index (χ1v) is 15.9. The van der Waals surface area contributed by atoms with E-state index in [1.807, 2.05) is 44.2 Å². The van der Waals surface area contributed by atoms with Crippen LogP contribution in [-0.2, 0) is 30.3 Å². The van der Waals surface area contributed by atoms with Crippen LogP contribution in [0.4, 0.5) is 0 Å². The van der Waals surface area contributed by atoms with Gasteiger partial charge in [0.25, 0.3) is 11.8 Å². The van der Waals surface area contributed by atoms with Gasteiger partial charge in [0.15, 0.2) is 6.10 Å². The number of rotatable bonds is 4. The Morgan fingerprint density at radius 2 is 1.52 bits per heavy atom. The van der Waals surface area contributed by atoms with E-state index >= 15 is 0 Å². The van der Waals surface area contributed by atoms with Crippen LogP contribution >= 0.6 is 11.3 Å². The summed E-state index contributed by atoms with van der Waals surface area (Å²) in [5.41, 5.74) is 1.01. The fourth-order valence-corrected chi connectivity index (χ4v) is 5.92. The Bertz CT molecular complexity index is 1350. The Balaban J connectivity index is 2.09. The number of fused-ring (bicyclic) bond motifs is 2. The summed E-state index contributed by atoms with van der Waals surface area (Å²) >= 11 is 1.23. The third kappa shape index (κ3) is 8.02. The van der Waals surface area contributed by atoms with Gasteiger partial charge in [-0.05, 0) is 38.2 Å². The van der Waals surface area contributed by atoms with Crippen molar-refractivity contribution in [1.82, 2.24) is 25.4 Å². The number of esters is 1. The second-order valence-electron chi connectivity index (χ2n) is 12.2. The highest BCUT2D eigenvalue weighted by Gasteiger charge is 2.41. The minimum absolute atomic E-state index is 0.154. The minimum Gasteiger partial charge on any atom is -0.452 e. The minimum atomic E-state index is -1.16. The monoisotopic (exact) mass is 627 g/mol. The highest BCUT2D eigenvalue weighted by atomic mass is 32.1. The summed E-state index contributed by atoms with van der Waals surface area (Å²) in [6, 6.07) is 6.33. The number of hydrogen-bond donors (Lipinski definition) is 2. The molecule has 6 atom stereocenters. The summed E-state index contributed by atoms with van der Waals surface area (Å²) < 4.78 is 5.74. The molecule has 1 aliphatic rings. The van der Waals surface area contributed by atoms with Gasteiger partial charge in [0.05, 0.1) is 12.0 Å². The predicted octanol–water partition coefficient (Wildman–Crippen LogP) is 3.21. The number of likely N-dealkylation sites (N-methyl/N-ethyl adjacent to an activating group) is 2. The molecule has 2 heterocycles. The molecular formula is C32H45N5O6S. The first-order valence-electron chi connectivity index (χ1n) is 15.0. The molecule has 0 radical (unpaired) electrons. The van der Waals surface area contributed by atoms with Crippen molar-refractivity contribution in [2.75, 3.05) is 14.1 Å². The molecule has 4 amide bonds. The van der Waals surface area contributed by atoms with Crippen LogP contribution in [0.25, 0.3) is 0 Å². The maximum atomic E-state index is 14.2. The van der Waals surface area contributed by atoms with E-state index in [0.29, 0.717) is 5.01 Å². The Labute approximate surface area is 263 Å². The summed E-state index contributed by atoms with van der Waals surface area (Å²) in [6.07, 6.45) is -0.929. The van der Waals surface area contributed by atoms with E-state index in [4.69, 9.17) is 4.74 Å². The Morgan fingerprint density at radius 3 is 2.11 bits per heavy atom. The van der Waals surface area contributed by atoms with E-state index in [-0.39, 0.29) is 18.0 Å². The Morgan fingerprint density at radius 1 is 0.886 bits per heavy atom. The van der Waals surface area contributed by atoms with Gasteiger partial charge in [-0.15, -0.1) is 11.3 Å². The van der Waals surface area contributed by atoms with Gasteiger partial charge in [-0.2, -0.15) is 0 Å². The molecule has 0 saturated heterocycles. The normalized spacial score (nSPS) is 26.6. The largest absolute Gasteiger partial charge is 0.452 e. The zero-order chi connectivity index (χ0) is 32.9. The molecule has 240 valence electrons. The third-order valence-electron chi connectivity index (χ3n) is 8.10. The van der Waals surface area contributed by atoms with E-state index in [0.717, 1.165) is 5.56 Å². The molecule has 1 aliphatic heterocycles. The van der Waals surface area contributed by atoms with Crippen LogP contribution in [0.1, 0.15) is 75.6 Å². The van der Waals surface area contributed by atoms with Gasteiger partial charge in [0, 0.05) is 31.9 Å². The van der Waals surface area contributed by atoms with Gasteiger partial charge >= 0.3 is 5.97 Å². The number of aromatic nitrogens is 1. The Kier molecular flexibility index (Phi) is 11.7. The molecule has 0 fully saturated rings. The number of thiazole rings is 1. The van der Waals surface area contributed by atoms with Crippen molar-refractivity contribution in [3.63, 3.8) is 0 Å². The van der Waals surface area contributed by atoms with E-state index in [1.54, 1.807) is 47.0 Å². The fraction of sp³-hybridized carbons (Fsp3) is 0.562. The van der Waals surface area contributed by atoms with Crippen LogP contribution in [0, 0.1) is 17.8 Å². The lowest BCUT2D eigenvalue weighted by atomic mass is 9.96. The predicted molar refractivity (Wildman–Crippen MR) is 168 cm³/mol. The lowest BCUT2D eigenvalue weighted by molar-refractivity contribution is -0.169. The highest BCUT2D eigenvalue weighted by molar-refractivity contribution is 7.09. The van der Waals surface area contributed by atoms with Gasteiger partial charge in [0.2, 0.25) is 11.8 Å². The van der Waals surface area contributed by atoms with Gasteiger partial charge in [-0.1, -0.05) is 58.0 Å². The summed E-state index contributed by atoms with van der Waals surface area (Å²) in [5, 5.41) is 7.87. The quantitative estimate of drug-likeness (QED) is 0.497. The van der Waals surface area contributed by atoms with Crippen molar-refractivity contribution in [2.24, 2.45) is 17.8 Å². The number of nitrogens with zero attached hydrogens (tertiary/aromatic N) is 3. The maximum Gasteiger partial charge on any atom is 0.311 e. The lowest BCUT2D eigenvalue weighted by Crippen LogP contribution is -2.58. The van der Waals surface area contributed by atoms with Crippen molar-refractivity contribution in [3.05, 3.63) is 52.0 Å². The molecule has 3 rings (SSSR count). The van der Waals surface area contributed by atoms with Crippen molar-refractivity contribution in [2.45, 2.75) is 85.2 Å². The van der Waals surface area contributed by atoms with Gasteiger partial charge in [-0.25, -0.2) is 4.98 Å². The number of carbonyl (C=O) groups is 5. The maximum absolute atomic E-state index is 14.2. The number of hydrogen-bond acceptors (Lipinski definition) is 8. The van der Waals surface area contributed by atoms with Crippen LogP contribution < -0.4 is 10.6 Å². The molecule has 44 heavy (non-hydrogen) atoms. The van der Waals surface area contributed by atoms with E-state index in [1.165, 1.54) is 28.2 Å². The van der Waals surface area contributed by atoms with Gasteiger partial charge in [0.1, 0.15) is 22.8 Å². The van der Waals surface area contributed by atoms with Crippen molar-refractivity contribution >= 4 is 40.9 Å². The second kappa shape index (κ2) is 14.8. The molecule has 11 nitrogen and oxygen atoms in total. The number of amides is 4. The van der Waals surface area contributed by atoms with Crippen LogP contribution in [0.5, 0.6) is 0 Å². The molecule has 2 aromatic rings. The number of carbonyl (C=O) groups excluding carboxylic acids is 5. The number of cyclic esters (lactones) is 1. The van der Waals surface area contributed by atoms with Crippen LogP contribution in [0.3, 0.4) is 0 Å². The first-order chi connectivity index (χ1) is 20.6.